The van der Waals surface area contributed by atoms with Crippen molar-refractivity contribution in [1.29, 1.82) is 0 Å². The van der Waals surface area contributed by atoms with Crippen molar-refractivity contribution in [2.45, 2.75) is 26.3 Å². The number of nitrogens with zero attached hydrogens (tertiary/aromatic N) is 2. The average molecular weight is 300 g/mol. The van der Waals surface area contributed by atoms with Crippen LogP contribution in [0.5, 0.6) is 0 Å². The number of carbonyl (C=O) groups excluding carboxylic acids is 1. The highest BCUT2D eigenvalue weighted by Crippen LogP contribution is 2.25. The highest BCUT2D eigenvalue weighted by atomic mass is 35.5. The topological polar surface area (TPSA) is 70.1 Å². The molecule has 0 aliphatic rings. The Balaban J connectivity index is 2.15. The molecule has 0 radical (unpaired) electrons. The van der Waals surface area contributed by atoms with Crippen LogP contribution < -0.4 is 5.73 Å². The fourth-order valence-corrected chi connectivity index (χ4v) is 2.15. The predicted molar refractivity (Wildman–Crippen MR) is 75.0 cm³/mol. The Morgan fingerprint density at radius 1 is 1.55 bits per heavy atom. The van der Waals surface area contributed by atoms with Gasteiger partial charge in [0.2, 0.25) is 5.95 Å². The van der Waals surface area contributed by atoms with E-state index in [0.29, 0.717) is 37.0 Å². The molecule has 0 fully saturated rings. The van der Waals surface area contributed by atoms with Crippen molar-refractivity contribution in [1.82, 2.24) is 9.55 Å². The van der Waals surface area contributed by atoms with E-state index in [-0.39, 0.29) is 16.9 Å². The predicted octanol–water partition coefficient (Wildman–Crippen LogP) is 2.75. The van der Waals surface area contributed by atoms with Crippen LogP contribution in [0.1, 0.15) is 19.8 Å². The lowest BCUT2D eigenvalue weighted by atomic mass is 10.3. The third-order valence-corrected chi connectivity index (χ3v) is 3.18. The minimum absolute atomic E-state index is 0.0176. The van der Waals surface area contributed by atoms with Crippen molar-refractivity contribution in [3.05, 3.63) is 23.0 Å². The zero-order valence-corrected chi connectivity index (χ0v) is 11.8. The van der Waals surface area contributed by atoms with Crippen molar-refractivity contribution in [2.24, 2.45) is 0 Å². The molecule has 1 aromatic heterocycles. The van der Waals surface area contributed by atoms with E-state index in [0.717, 1.165) is 0 Å². The maximum atomic E-state index is 13.3. The maximum Gasteiger partial charge on any atom is 0.305 e. The number of nitrogen functional groups attached to an aromatic ring is 1. The molecule has 1 heterocycles. The van der Waals surface area contributed by atoms with Gasteiger partial charge in [-0.05, 0) is 19.4 Å². The second-order valence-corrected chi connectivity index (χ2v) is 4.69. The molecule has 0 amide bonds. The van der Waals surface area contributed by atoms with E-state index >= 15 is 0 Å². The Hall–Kier alpha value is -1.82. The summed E-state index contributed by atoms with van der Waals surface area (Å²) in [4.78, 5) is 15.3. The Morgan fingerprint density at radius 3 is 3.00 bits per heavy atom. The lowest BCUT2D eigenvalue weighted by Crippen LogP contribution is -2.08. The van der Waals surface area contributed by atoms with E-state index in [1.54, 1.807) is 11.5 Å². The molecule has 1 aromatic carbocycles. The molecule has 2 aromatic rings. The van der Waals surface area contributed by atoms with Crippen LogP contribution in [0.25, 0.3) is 11.0 Å². The summed E-state index contributed by atoms with van der Waals surface area (Å²) in [6.45, 7) is 2.61. The van der Waals surface area contributed by atoms with Crippen LogP contribution in [-0.2, 0) is 16.1 Å². The van der Waals surface area contributed by atoms with Gasteiger partial charge in [0.1, 0.15) is 5.82 Å². The van der Waals surface area contributed by atoms with E-state index in [9.17, 15) is 9.18 Å². The minimum atomic E-state index is -0.532. The number of esters is 1. The molecule has 0 aliphatic carbocycles. The summed E-state index contributed by atoms with van der Waals surface area (Å²) in [5.74, 6) is -0.513. The Morgan fingerprint density at radius 2 is 2.30 bits per heavy atom. The molecule has 0 saturated heterocycles. The van der Waals surface area contributed by atoms with Gasteiger partial charge in [-0.1, -0.05) is 11.6 Å². The monoisotopic (exact) mass is 299 g/mol. The molecule has 0 atom stereocenters. The third kappa shape index (κ3) is 3.01. The van der Waals surface area contributed by atoms with Gasteiger partial charge in [0.15, 0.2) is 0 Å². The van der Waals surface area contributed by atoms with Gasteiger partial charge in [-0.15, -0.1) is 0 Å². The quantitative estimate of drug-likeness (QED) is 0.862. The smallest absolute Gasteiger partial charge is 0.305 e. The molecular weight excluding hydrogens is 285 g/mol. The average Bonchev–Trinajstić information content (AvgIpc) is 2.67. The number of hydrogen-bond donors (Lipinski definition) is 1. The van der Waals surface area contributed by atoms with Crippen LogP contribution in [0.4, 0.5) is 10.3 Å². The number of halogens is 2. The lowest BCUT2D eigenvalue weighted by molar-refractivity contribution is -0.143. The first-order valence-electron chi connectivity index (χ1n) is 6.29. The molecule has 108 valence electrons. The third-order valence-electron chi connectivity index (χ3n) is 2.89. The fourth-order valence-electron chi connectivity index (χ4n) is 1.99. The number of rotatable bonds is 5. The first-order chi connectivity index (χ1) is 9.52. The first-order valence-corrected chi connectivity index (χ1v) is 6.67. The fraction of sp³-hybridized carbons (Fsp3) is 0.385. The van der Waals surface area contributed by atoms with Crippen molar-refractivity contribution in [2.75, 3.05) is 12.3 Å². The van der Waals surface area contributed by atoms with Crippen LogP contribution in [0.15, 0.2) is 12.1 Å². The number of benzene rings is 1. The van der Waals surface area contributed by atoms with Gasteiger partial charge in [0.05, 0.1) is 22.7 Å². The Bertz CT molecular complexity index is 642. The van der Waals surface area contributed by atoms with E-state index < -0.39 is 5.82 Å². The van der Waals surface area contributed by atoms with Crippen molar-refractivity contribution in [3.8, 4) is 0 Å². The van der Waals surface area contributed by atoms with Crippen molar-refractivity contribution in [3.63, 3.8) is 0 Å². The van der Waals surface area contributed by atoms with Gasteiger partial charge >= 0.3 is 5.97 Å². The summed E-state index contributed by atoms with van der Waals surface area (Å²) < 4.78 is 19.9. The zero-order chi connectivity index (χ0) is 14.7. The molecule has 0 unspecified atom stereocenters. The van der Waals surface area contributed by atoms with E-state index in [1.165, 1.54) is 12.1 Å². The van der Waals surface area contributed by atoms with Crippen LogP contribution in [0.2, 0.25) is 5.02 Å². The molecule has 2 rings (SSSR count). The lowest BCUT2D eigenvalue weighted by Gasteiger charge is -2.06. The number of imidazole rings is 1. The van der Waals surface area contributed by atoms with E-state index in [4.69, 9.17) is 22.1 Å². The molecule has 20 heavy (non-hydrogen) atoms. The molecule has 0 bridgehead atoms. The van der Waals surface area contributed by atoms with Crippen LogP contribution in [0.3, 0.4) is 0 Å². The largest absolute Gasteiger partial charge is 0.466 e. The molecular formula is C13H15ClFN3O2. The van der Waals surface area contributed by atoms with Gasteiger partial charge in [-0.2, -0.15) is 0 Å². The van der Waals surface area contributed by atoms with E-state index in [2.05, 4.69) is 4.98 Å². The first kappa shape index (κ1) is 14.6. The second-order valence-electron chi connectivity index (χ2n) is 4.29. The van der Waals surface area contributed by atoms with Crippen LogP contribution >= 0.6 is 11.6 Å². The molecule has 0 spiro atoms. The van der Waals surface area contributed by atoms with Crippen molar-refractivity contribution < 1.29 is 13.9 Å². The number of carbonyl (C=O) groups is 1. The summed E-state index contributed by atoms with van der Waals surface area (Å²) in [7, 11) is 0. The molecule has 0 saturated carbocycles. The maximum absolute atomic E-state index is 13.3. The molecule has 2 N–H and O–H groups in total. The highest BCUT2D eigenvalue weighted by Gasteiger charge is 2.12. The number of aryl methyl sites for hydroxylation is 1. The van der Waals surface area contributed by atoms with Gasteiger partial charge in [0, 0.05) is 19.0 Å². The number of anilines is 1. The molecule has 5 nitrogen and oxygen atoms in total. The van der Waals surface area contributed by atoms with Gasteiger partial charge < -0.3 is 15.0 Å². The summed E-state index contributed by atoms with van der Waals surface area (Å²) in [5.41, 5.74) is 6.89. The zero-order valence-electron chi connectivity index (χ0n) is 11.0. The molecule has 7 heteroatoms. The number of fused-ring (bicyclic) bond motifs is 1. The Kier molecular flexibility index (Phi) is 4.44. The summed E-state index contributed by atoms with van der Waals surface area (Å²) >= 11 is 5.76. The van der Waals surface area contributed by atoms with Gasteiger partial charge in [0.25, 0.3) is 0 Å². The Labute approximate surface area is 120 Å². The van der Waals surface area contributed by atoms with E-state index in [1.807, 2.05) is 0 Å². The van der Waals surface area contributed by atoms with Gasteiger partial charge in [-0.25, -0.2) is 9.37 Å². The standard InChI is InChI=1S/C13H15ClFN3O2/c1-2-20-12(19)4-3-5-18-11-6-8(14)9(15)7-10(11)17-13(18)16/h6-7H,2-5H2,1H3,(H2,16,17). The highest BCUT2D eigenvalue weighted by molar-refractivity contribution is 6.31. The summed E-state index contributed by atoms with van der Waals surface area (Å²) in [6.07, 6.45) is 0.853. The number of aromatic nitrogens is 2. The number of ether oxygens (including phenoxy) is 1. The number of hydrogen-bond acceptors (Lipinski definition) is 4. The summed E-state index contributed by atoms with van der Waals surface area (Å²) in [5, 5.41) is 0.0176. The van der Waals surface area contributed by atoms with Crippen molar-refractivity contribution >= 4 is 34.6 Å². The van der Waals surface area contributed by atoms with Gasteiger partial charge in [-0.3, -0.25) is 4.79 Å². The SMILES string of the molecule is CCOC(=O)CCCn1c(N)nc2cc(F)c(Cl)cc21. The van der Waals surface area contributed by atoms with Crippen LogP contribution in [0, 0.1) is 5.82 Å². The van der Waals surface area contributed by atoms with Crippen LogP contribution in [-0.4, -0.2) is 22.1 Å². The second kappa shape index (κ2) is 6.09. The number of nitrogens with two attached hydrogens (primary N) is 1. The minimum Gasteiger partial charge on any atom is -0.466 e. The summed E-state index contributed by atoms with van der Waals surface area (Å²) in [6, 6.07) is 2.73. The normalized spacial score (nSPS) is 10.9. The molecule has 0 aliphatic heterocycles.